The second-order valence-electron chi connectivity index (χ2n) is 8.50. The van der Waals surface area contributed by atoms with Crippen LogP contribution >= 0.6 is 0 Å². The number of benzene rings is 1. The first-order valence-electron chi connectivity index (χ1n) is 10.9. The highest BCUT2D eigenvalue weighted by Crippen LogP contribution is 2.31. The average molecular weight is 396 g/mol. The molecule has 2 aliphatic rings. The Labute approximate surface area is 174 Å². The van der Waals surface area contributed by atoms with Gasteiger partial charge in [0.15, 0.2) is 0 Å². The number of hydrogen-bond acceptors (Lipinski definition) is 3. The molecule has 1 N–H and O–H groups in total. The average Bonchev–Trinajstić information content (AvgIpc) is 3.05. The number of amides is 1. The van der Waals surface area contributed by atoms with Crippen LogP contribution in [-0.4, -0.2) is 48.2 Å². The SMILES string of the molecule is COc1ccccc1-n1c(C)cc(C(=O)NC[C@H]2CCCN3CCCC[C@@H]23)c1C. The lowest BCUT2D eigenvalue weighted by molar-refractivity contribution is 0.0575. The molecule has 0 radical (unpaired) electrons. The fourth-order valence-corrected chi connectivity index (χ4v) is 5.31. The highest BCUT2D eigenvalue weighted by molar-refractivity contribution is 5.96. The molecule has 0 bridgehead atoms. The number of methoxy groups -OCH3 is 1. The van der Waals surface area contributed by atoms with Gasteiger partial charge >= 0.3 is 0 Å². The van der Waals surface area contributed by atoms with Crippen LogP contribution in [0.2, 0.25) is 0 Å². The Bertz CT molecular complexity index is 871. The summed E-state index contributed by atoms with van der Waals surface area (Å²) < 4.78 is 7.64. The van der Waals surface area contributed by atoms with E-state index >= 15 is 0 Å². The zero-order valence-corrected chi connectivity index (χ0v) is 17.9. The predicted octanol–water partition coefficient (Wildman–Crippen LogP) is 4.10. The topological polar surface area (TPSA) is 46.5 Å². The molecule has 156 valence electrons. The third-order valence-corrected chi connectivity index (χ3v) is 6.76. The number of carbonyl (C=O) groups is 1. The van der Waals surface area contributed by atoms with Crippen LogP contribution in [0.4, 0.5) is 0 Å². The van der Waals surface area contributed by atoms with Crippen LogP contribution in [-0.2, 0) is 0 Å². The van der Waals surface area contributed by atoms with E-state index in [1.54, 1.807) is 7.11 Å². The number of piperidine rings is 2. The molecule has 5 heteroatoms. The van der Waals surface area contributed by atoms with Crippen LogP contribution in [0.1, 0.15) is 53.8 Å². The molecule has 0 saturated carbocycles. The number of nitrogens with one attached hydrogen (secondary N) is 1. The third-order valence-electron chi connectivity index (χ3n) is 6.76. The molecule has 3 heterocycles. The van der Waals surface area contributed by atoms with Gasteiger partial charge in [-0.25, -0.2) is 0 Å². The van der Waals surface area contributed by atoms with Gasteiger partial charge in [-0.2, -0.15) is 0 Å². The molecule has 29 heavy (non-hydrogen) atoms. The molecule has 1 amide bonds. The lowest BCUT2D eigenvalue weighted by atomic mass is 9.83. The van der Waals surface area contributed by atoms with E-state index in [0.717, 1.165) is 34.9 Å². The Morgan fingerprint density at radius 3 is 2.76 bits per heavy atom. The van der Waals surface area contributed by atoms with Gasteiger partial charge in [0.1, 0.15) is 5.75 Å². The van der Waals surface area contributed by atoms with Gasteiger partial charge in [-0.05, 0) is 76.7 Å². The Balaban J connectivity index is 1.50. The largest absolute Gasteiger partial charge is 0.495 e. The summed E-state index contributed by atoms with van der Waals surface area (Å²) >= 11 is 0. The Hall–Kier alpha value is -2.27. The van der Waals surface area contributed by atoms with Crippen molar-refractivity contribution in [2.75, 3.05) is 26.7 Å². The normalized spacial score (nSPS) is 22.2. The number of para-hydroxylation sites is 2. The number of ether oxygens (including phenoxy) is 1. The fourth-order valence-electron chi connectivity index (χ4n) is 5.31. The fraction of sp³-hybridized carbons (Fsp3) is 0.542. The van der Waals surface area contributed by atoms with Crippen LogP contribution in [0.5, 0.6) is 5.75 Å². The highest BCUT2D eigenvalue weighted by Gasteiger charge is 2.33. The minimum atomic E-state index is 0.0344. The van der Waals surface area contributed by atoms with Gasteiger partial charge in [0.25, 0.3) is 5.91 Å². The van der Waals surface area contributed by atoms with Gasteiger partial charge in [-0.1, -0.05) is 18.6 Å². The van der Waals surface area contributed by atoms with Gasteiger partial charge in [-0.3, -0.25) is 4.79 Å². The van der Waals surface area contributed by atoms with Crippen molar-refractivity contribution in [2.45, 2.75) is 52.0 Å². The summed E-state index contributed by atoms with van der Waals surface area (Å²) in [6, 6.07) is 10.6. The lowest BCUT2D eigenvalue weighted by Gasteiger charge is -2.44. The molecule has 2 atom stereocenters. The minimum Gasteiger partial charge on any atom is -0.495 e. The van der Waals surface area contributed by atoms with Crippen LogP contribution in [0.25, 0.3) is 5.69 Å². The van der Waals surface area contributed by atoms with Crippen LogP contribution in [0, 0.1) is 19.8 Å². The van der Waals surface area contributed by atoms with Crippen molar-refractivity contribution < 1.29 is 9.53 Å². The number of rotatable bonds is 5. The monoisotopic (exact) mass is 395 g/mol. The molecule has 2 fully saturated rings. The molecular formula is C24H33N3O2. The molecule has 2 aliphatic heterocycles. The molecule has 0 unspecified atom stereocenters. The Kier molecular flexibility index (Phi) is 5.95. The van der Waals surface area contributed by atoms with E-state index in [0.29, 0.717) is 12.0 Å². The van der Waals surface area contributed by atoms with Crippen molar-refractivity contribution in [3.63, 3.8) is 0 Å². The molecular weight excluding hydrogens is 362 g/mol. The van der Waals surface area contributed by atoms with E-state index in [-0.39, 0.29) is 5.91 Å². The second-order valence-corrected chi connectivity index (χ2v) is 8.50. The maximum atomic E-state index is 13.1. The number of carbonyl (C=O) groups excluding carboxylic acids is 1. The van der Waals surface area contributed by atoms with Crippen LogP contribution < -0.4 is 10.1 Å². The van der Waals surface area contributed by atoms with Crippen molar-refractivity contribution in [3.8, 4) is 11.4 Å². The summed E-state index contributed by atoms with van der Waals surface area (Å²) in [6.07, 6.45) is 6.40. The van der Waals surface area contributed by atoms with E-state index in [1.165, 1.54) is 45.2 Å². The van der Waals surface area contributed by atoms with Gasteiger partial charge in [-0.15, -0.1) is 0 Å². The van der Waals surface area contributed by atoms with Crippen molar-refractivity contribution in [1.29, 1.82) is 0 Å². The lowest BCUT2D eigenvalue weighted by Crippen LogP contribution is -2.51. The molecule has 2 aromatic rings. The predicted molar refractivity (Wildman–Crippen MR) is 116 cm³/mol. The van der Waals surface area contributed by atoms with E-state index in [4.69, 9.17) is 4.74 Å². The summed E-state index contributed by atoms with van der Waals surface area (Å²) in [6.45, 7) is 7.29. The quantitative estimate of drug-likeness (QED) is 0.829. The van der Waals surface area contributed by atoms with Crippen LogP contribution in [0.15, 0.2) is 30.3 Å². The Morgan fingerprint density at radius 1 is 1.14 bits per heavy atom. The zero-order chi connectivity index (χ0) is 20.4. The summed E-state index contributed by atoms with van der Waals surface area (Å²) in [5.74, 6) is 1.42. The number of nitrogens with zero attached hydrogens (tertiary/aromatic N) is 2. The molecule has 5 nitrogen and oxygen atoms in total. The zero-order valence-electron chi connectivity index (χ0n) is 17.9. The van der Waals surface area contributed by atoms with Gasteiger partial charge in [0.2, 0.25) is 0 Å². The minimum absolute atomic E-state index is 0.0344. The van der Waals surface area contributed by atoms with E-state index in [1.807, 2.05) is 44.2 Å². The van der Waals surface area contributed by atoms with Crippen molar-refractivity contribution in [2.24, 2.45) is 5.92 Å². The molecule has 0 aliphatic carbocycles. The third kappa shape index (κ3) is 3.93. The smallest absolute Gasteiger partial charge is 0.253 e. The summed E-state index contributed by atoms with van der Waals surface area (Å²) in [7, 11) is 1.68. The molecule has 4 rings (SSSR count). The van der Waals surface area contributed by atoms with Crippen molar-refractivity contribution in [1.82, 2.24) is 14.8 Å². The first-order valence-corrected chi connectivity index (χ1v) is 10.9. The highest BCUT2D eigenvalue weighted by atomic mass is 16.5. The second kappa shape index (κ2) is 8.62. The summed E-state index contributed by atoms with van der Waals surface area (Å²) in [5.41, 5.74) is 3.71. The van der Waals surface area contributed by atoms with Crippen LogP contribution in [0.3, 0.4) is 0 Å². The standard InChI is InChI=1S/C24H33N3O2/c1-17-15-20(18(2)27(17)22-11-4-5-12-23(22)29-3)24(28)25-16-19-9-8-14-26-13-7-6-10-21(19)26/h4-5,11-12,15,19,21H,6-10,13-14,16H2,1-3H3,(H,25,28)/t19-,21+/m1/s1. The maximum Gasteiger partial charge on any atom is 0.253 e. The number of hydrogen-bond donors (Lipinski definition) is 1. The summed E-state index contributed by atoms with van der Waals surface area (Å²) in [5, 5.41) is 3.25. The first kappa shape index (κ1) is 20.0. The first-order chi connectivity index (χ1) is 14.1. The molecule has 1 aromatic heterocycles. The number of aryl methyl sites for hydroxylation is 1. The number of aromatic nitrogens is 1. The maximum absolute atomic E-state index is 13.1. The van der Waals surface area contributed by atoms with E-state index in [9.17, 15) is 4.79 Å². The van der Waals surface area contributed by atoms with Gasteiger partial charge in [0, 0.05) is 24.0 Å². The molecule has 0 spiro atoms. The summed E-state index contributed by atoms with van der Waals surface area (Å²) in [4.78, 5) is 15.7. The van der Waals surface area contributed by atoms with Gasteiger partial charge in [0.05, 0.1) is 18.4 Å². The van der Waals surface area contributed by atoms with Crippen molar-refractivity contribution in [3.05, 3.63) is 47.3 Å². The van der Waals surface area contributed by atoms with E-state index < -0.39 is 0 Å². The molecule has 1 aromatic carbocycles. The number of fused-ring (bicyclic) bond motifs is 1. The van der Waals surface area contributed by atoms with Gasteiger partial charge < -0.3 is 19.5 Å². The molecule has 2 saturated heterocycles. The van der Waals surface area contributed by atoms with E-state index in [2.05, 4.69) is 14.8 Å². The van der Waals surface area contributed by atoms with Crippen molar-refractivity contribution >= 4 is 5.91 Å². The Morgan fingerprint density at radius 2 is 1.93 bits per heavy atom.